The van der Waals surface area contributed by atoms with Gasteiger partial charge in [0.2, 0.25) is 0 Å². The summed E-state index contributed by atoms with van der Waals surface area (Å²) >= 11 is 3.46. The number of nitrogens with two attached hydrogens (primary N) is 1. The monoisotopic (exact) mass is 329 g/mol. The molecule has 0 spiro atoms. The Morgan fingerprint density at radius 3 is 2.55 bits per heavy atom. The van der Waals surface area contributed by atoms with Gasteiger partial charge in [-0.05, 0) is 23.8 Å². The maximum atomic E-state index is 9.27. The maximum absolute atomic E-state index is 9.27. The zero-order valence-electron chi connectivity index (χ0n) is 11.1. The highest BCUT2D eigenvalue weighted by atomic mass is 79.9. The van der Waals surface area contributed by atoms with E-state index >= 15 is 0 Å². The van der Waals surface area contributed by atoms with Crippen LogP contribution in [0.4, 0.5) is 5.69 Å². The molecule has 4 heteroatoms. The Hall–Kier alpha value is -1.83. The molecule has 3 nitrogen and oxygen atoms in total. The predicted octanol–water partition coefficient (Wildman–Crippen LogP) is 3.29. The molecule has 2 rings (SSSR count). The lowest BCUT2D eigenvalue weighted by atomic mass is 10.1. The molecule has 2 N–H and O–H groups in total. The highest BCUT2D eigenvalue weighted by molar-refractivity contribution is 9.10. The van der Waals surface area contributed by atoms with Crippen molar-refractivity contribution in [2.45, 2.75) is 6.54 Å². The van der Waals surface area contributed by atoms with Crippen molar-refractivity contribution >= 4 is 21.6 Å². The minimum Gasteiger partial charge on any atom is -0.365 e. The van der Waals surface area contributed by atoms with E-state index in [1.807, 2.05) is 36.4 Å². The number of nitriles is 1. The summed E-state index contributed by atoms with van der Waals surface area (Å²) < 4.78 is 0.960. The molecule has 0 aliphatic heterocycles. The number of benzene rings is 2. The van der Waals surface area contributed by atoms with Crippen LogP contribution < -0.4 is 10.6 Å². The number of anilines is 1. The fraction of sp³-hybridized carbons (Fsp3) is 0.188. The van der Waals surface area contributed by atoms with Crippen molar-refractivity contribution in [2.75, 3.05) is 18.0 Å². The molecule has 0 atom stereocenters. The van der Waals surface area contributed by atoms with Crippen LogP contribution in [0.15, 0.2) is 53.0 Å². The molecule has 0 heterocycles. The number of hydrogen-bond acceptors (Lipinski definition) is 3. The van der Waals surface area contributed by atoms with E-state index in [0.29, 0.717) is 18.7 Å². The number of nitrogens with zero attached hydrogens (tertiary/aromatic N) is 2. The summed E-state index contributed by atoms with van der Waals surface area (Å²) in [5.41, 5.74) is 8.49. The van der Waals surface area contributed by atoms with Crippen LogP contribution in [0.3, 0.4) is 0 Å². The second kappa shape index (κ2) is 7.09. The molecule has 102 valence electrons. The van der Waals surface area contributed by atoms with Crippen LogP contribution in [0.1, 0.15) is 11.1 Å². The first-order chi connectivity index (χ1) is 9.74. The van der Waals surface area contributed by atoms with Gasteiger partial charge in [0, 0.05) is 24.1 Å². The van der Waals surface area contributed by atoms with Gasteiger partial charge in [0.1, 0.15) is 6.07 Å². The first kappa shape index (κ1) is 14.6. The Bertz CT molecular complexity index is 605. The molecule has 0 amide bonds. The highest BCUT2D eigenvalue weighted by Gasteiger charge is 2.12. The SMILES string of the molecule is N#Cc1ccc(Br)cc1N(CCN)Cc1ccccc1. The van der Waals surface area contributed by atoms with Crippen LogP contribution in [-0.4, -0.2) is 13.1 Å². The molecule has 20 heavy (non-hydrogen) atoms. The van der Waals surface area contributed by atoms with E-state index in [9.17, 15) is 5.26 Å². The molecule has 0 aromatic heterocycles. The molecule has 0 fully saturated rings. The standard InChI is InChI=1S/C16H16BrN3/c17-15-7-6-14(11-19)16(10-15)20(9-8-18)12-13-4-2-1-3-5-13/h1-7,10H,8-9,12,18H2. The number of halogens is 1. The third kappa shape index (κ3) is 3.60. The van der Waals surface area contributed by atoms with Gasteiger partial charge in [0.25, 0.3) is 0 Å². The molecule has 0 bridgehead atoms. The summed E-state index contributed by atoms with van der Waals surface area (Å²) in [6, 6.07) is 18.1. The minimum absolute atomic E-state index is 0.546. The smallest absolute Gasteiger partial charge is 0.101 e. The predicted molar refractivity (Wildman–Crippen MR) is 85.4 cm³/mol. The molecule has 2 aromatic rings. The third-order valence-electron chi connectivity index (χ3n) is 3.04. The molecule has 0 aliphatic rings. The van der Waals surface area contributed by atoms with Gasteiger partial charge < -0.3 is 10.6 Å². The van der Waals surface area contributed by atoms with Crippen molar-refractivity contribution in [2.24, 2.45) is 5.73 Å². The van der Waals surface area contributed by atoms with Crippen LogP contribution in [0, 0.1) is 11.3 Å². The topological polar surface area (TPSA) is 53.0 Å². The van der Waals surface area contributed by atoms with Gasteiger partial charge in [-0.3, -0.25) is 0 Å². The summed E-state index contributed by atoms with van der Waals surface area (Å²) in [6.45, 7) is 1.99. The first-order valence-electron chi connectivity index (χ1n) is 6.43. The average Bonchev–Trinajstić information content (AvgIpc) is 2.48. The Kier molecular flexibility index (Phi) is 5.16. The van der Waals surface area contributed by atoms with Crippen LogP contribution in [0.2, 0.25) is 0 Å². The maximum Gasteiger partial charge on any atom is 0.101 e. The lowest BCUT2D eigenvalue weighted by Gasteiger charge is -2.25. The molecule has 0 radical (unpaired) electrons. The van der Waals surface area contributed by atoms with Gasteiger partial charge in [0.15, 0.2) is 0 Å². The van der Waals surface area contributed by atoms with Gasteiger partial charge in [-0.15, -0.1) is 0 Å². The number of hydrogen-bond donors (Lipinski definition) is 1. The Balaban J connectivity index is 2.33. The van der Waals surface area contributed by atoms with Crippen LogP contribution in [0.25, 0.3) is 0 Å². The van der Waals surface area contributed by atoms with E-state index < -0.39 is 0 Å². The van der Waals surface area contributed by atoms with E-state index in [1.54, 1.807) is 0 Å². The summed E-state index contributed by atoms with van der Waals surface area (Å²) in [5, 5.41) is 9.27. The molecular formula is C16H16BrN3. The molecule has 0 unspecified atom stereocenters. The fourth-order valence-electron chi connectivity index (χ4n) is 2.11. The van der Waals surface area contributed by atoms with Crippen LogP contribution >= 0.6 is 15.9 Å². The highest BCUT2D eigenvalue weighted by Crippen LogP contribution is 2.26. The largest absolute Gasteiger partial charge is 0.365 e. The van der Waals surface area contributed by atoms with Gasteiger partial charge in [-0.2, -0.15) is 5.26 Å². The Morgan fingerprint density at radius 2 is 1.90 bits per heavy atom. The Labute approximate surface area is 127 Å². The van der Waals surface area contributed by atoms with Gasteiger partial charge in [-0.1, -0.05) is 46.3 Å². The number of rotatable bonds is 5. The van der Waals surface area contributed by atoms with E-state index in [1.165, 1.54) is 5.56 Å². The van der Waals surface area contributed by atoms with Crippen molar-refractivity contribution in [3.05, 3.63) is 64.1 Å². The second-order valence-corrected chi connectivity index (χ2v) is 5.38. The zero-order chi connectivity index (χ0) is 14.4. The first-order valence-corrected chi connectivity index (χ1v) is 7.22. The lowest BCUT2D eigenvalue weighted by molar-refractivity contribution is 0.788. The summed E-state index contributed by atoms with van der Waals surface area (Å²) in [7, 11) is 0. The van der Waals surface area contributed by atoms with Crippen molar-refractivity contribution < 1.29 is 0 Å². The molecule has 0 saturated heterocycles. The van der Waals surface area contributed by atoms with E-state index in [0.717, 1.165) is 16.7 Å². The molecular weight excluding hydrogens is 314 g/mol. The van der Waals surface area contributed by atoms with E-state index in [2.05, 4.69) is 39.0 Å². The van der Waals surface area contributed by atoms with Crippen molar-refractivity contribution in [1.82, 2.24) is 0 Å². The van der Waals surface area contributed by atoms with E-state index in [4.69, 9.17) is 5.73 Å². The van der Waals surface area contributed by atoms with Crippen molar-refractivity contribution in [3.63, 3.8) is 0 Å². The second-order valence-electron chi connectivity index (χ2n) is 4.47. The van der Waals surface area contributed by atoms with E-state index in [-0.39, 0.29) is 0 Å². The lowest BCUT2D eigenvalue weighted by Crippen LogP contribution is -2.29. The minimum atomic E-state index is 0.546. The van der Waals surface area contributed by atoms with Gasteiger partial charge >= 0.3 is 0 Å². The van der Waals surface area contributed by atoms with Crippen LogP contribution in [0.5, 0.6) is 0 Å². The summed E-state index contributed by atoms with van der Waals surface area (Å²) in [4.78, 5) is 2.14. The summed E-state index contributed by atoms with van der Waals surface area (Å²) in [5.74, 6) is 0. The third-order valence-corrected chi connectivity index (χ3v) is 3.53. The van der Waals surface area contributed by atoms with Crippen molar-refractivity contribution in [3.8, 4) is 6.07 Å². The summed E-state index contributed by atoms with van der Waals surface area (Å²) in [6.07, 6.45) is 0. The fourth-order valence-corrected chi connectivity index (χ4v) is 2.45. The quantitative estimate of drug-likeness (QED) is 0.915. The normalized spacial score (nSPS) is 10.1. The molecule has 0 saturated carbocycles. The molecule has 0 aliphatic carbocycles. The Morgan fingerprint density at radius 1 is 1.15 bits per heavy atom. The average molecular weight is 330 g/mol. The van der Waals surface area contributed by atoms with Gasteiger partial charge in [0.05, 0.1) is 11.3 Å². The van der Waals surface area contributed by atoms with Gasteiger partial charge in [-0.25, -0.2) is 0 Å². The molecule has 2 aromatic carbocycles. The van der Waals surface area contributed by atoms with Crippen LogP contribution in [-0.2, 0) is 6.54 Å². The zero-order valence-corrected chi connectivity index (χ0v) is 12.7. The van der Waals surface area contributed by atoms with Crippen molar-refractivity contribution in [1.29, 1.82) is 5.26 Å².